The van der Waals surface area contributed by atoms with Crippen molar-refractivity contribution in [1.82, 2.24) is 4.90 Å². The fourth-order valence-electron chi connectivity index (χ4n) is 1.97. The first kappa shape index (κ1) is 12.1. The number of nitrogens with zero attached hydrogens (tertiary/aromatic N) is 1. The zero-order valence-electron chi connectivity index (χ0n) is 9.66. The Morgan fingerprint density at radius 3 is 2.81 bits per heavy atom. The molecule has 0 aromatic heterocycles. The molecule has 1 aliphatic rings. The van der Waals surface area contributed by atoms with Crippen molar-refractivity contribution in [2.75, 3.05) is 25.0 Å². The van der Waals surface area contributed by atoms with E-state index in [0.29, 0.717) is 6.10 Å². The summed E-state index contributed by atoms with van der Waals surface area (Å²) in [7, 11) is 0. The van der Waals surface area contributed by atoms with Crippen molar-refractivity contribution < 1.29 is 4.74 Å². The maximum absolute atomic E-state index is 5.63. The number of rotatable bonds is 3. The topological polar surface area (TPSA) is 12.5 Å². The first-order chi connectivity index (χ1) is 7.78. The Bertz CT molecular complexity index is 325. The summed E-state index contributed by atoms with van der Waals surface area (Å²) < 4.78 is 5.63. The van der Waals surface area contributed by atoms with Crippen molar-refractivity contribution in [1.29, 1.82) is 0 Å². The molecule has 0 bridgehead atoms. The molecule has 1 fully saturated rings. The molecular formula is C13H18BrNO. The van der Waals surface area contributed by atoms with Gasteiger partial charge in [-0.3, -0.25) is 4.90 Å². The molecule has 0 aliphatic carbocycles. The number of hydrogen-bond acceptors (Lipinski definition) is 2. The van der Waals surface area contributed by atoms with Gasteiger partial charge >= 0.3 is 0 Å². The van der Waals surface area contributed by atoms with Crippen molar-refractivity contribution in [3.8, 4) is 0 Å². The summed E-state index contributed by atoms with van der Waals surface area (Å²) in [5.41, 5.74) is 2.71. The van der Waals surface area contributed by atoms with Gasteiger partial charge in [0.15, 0.2) is 0 Å². The van der Waals surface area contributed by atoms with E-state index in [0.717, 1.165) is 31.6 Å². The number of alkyl halides is 1. The van der Waals surface area contributed by atoms with Crippen LogP contribution in [0.5, 0.6) is 0 Å². The second kappa shape index (κ2) is 5.80. The number of benzene rings is 1. The second-order valence-corrected chi connectivity index (χ2v) is 5.02. The van der Waals surface area contributed by atoms with Crippen molar-refractivity contribution >= 4 is 15.9 Å². The average Bonchev–Trinajstić information content (AvgIpc) is 2.32. The molecule has 3 heteroatoms. The van der Waals surface area contributed by atoms with Crippen molar-refractivity contribution in [3.63, 3.8) is 0 Å². The first-order valence-electron chi connectivity index (χ1n) is 5.73. The average molecular weight is 284 g/mol. The van der Waals surface area contributed by atoms with Crippen molar-refractivity contribution in [3.05, 3.63) is 35.4 Å². The quantitative estimate of drug-likeness (QED) is 0.791. The maximum Gasteiger partial charge on any atom is 0.0799 e. The molecule has 0 N–H and O–H groups in total. The van der Waals surface area contributed by atoms with Gasteiger partial charge in [-0.25, -0.2) is 0 Å². The summed E-state index contributed by atoms with van der Waals surface area (Å²) >= 11 is 3.48. The number of hydrogen-bond donors (Lipinski definition) is 0. The standard InChI is InChI=1S/C13H18BrNO/c1-11-2-4-12(5-3-11)9-15-6-7-16-13(8-14)10-15/h2-5,13H,6-10H2,1H3. The van der Waals surface area contributed by atoms with Gasteiger partial charge in [-0.1, -0.05) is 45.8 Å². The molecular weight excluding hydrogens is 266 g/mol. The predicted octanol–water partition coefficient (Wildman–Crippen LogP) is 2.59. The van der Waals surface area contributed by atoms with E-state index >= 15 is 0 Å². The van der Waals surface area contributed by atoms with E-state index in [1.165, 1.54) is 11.1 Å². The van der Waals surface area contributed by atoms with Gasteiger partial charge < -0.3 is 4.74 Å². The number of aryl methyl sites for hydroxylation is 1. The largest absolute Gasteiger partial charge is 0.375 e. The first-order valence-corrected chi connectivity index (χ1v) is 6.85. The molecule has 0 saturated carbocycles. The van der Waals surface area contributed by atoms with Gasteiger partial charge in [-0.05, 0) is 12.5 Å². The van der Waals surface area contributed by atoms with Crippen LogP contribution >= 0.6 is 15.9 Å². The summed E-state index contributed by atoms with van der Waals surface area (Å²) in [5.74, 6) is 0. The van der Waals surface area contributed by atoms with Crippen LogP contribution in [-0.4, -0.2) is 36.0 Å². The molecule has 0 spiro atoms. The van der Waals surface area contributed by atoms with Crippen molar-refractivity contribution in [2.45, 2.75) is 19.6 Å². The molecule has 2 nitrogen and oxygen atoms in total. The minimum atomic E-state index is 0.346. The molecule has 1 saturated heterocycles. The Morgan fingerprint density at radius 2 is 2.12 bits per heavy atom. The molecule has 2 rings (SSSR count). The van der Waals surface area contributed by atoms with E-state index in [-0.39, 0.29) is 0 Å². The van der Waals surface area contributed by atoms with E-state index in [1.807, 2.05) is 0 Å². The highest BCUT2D eigenvalue weighted by Crippen LogP contribution is 2.12. The lowest BCUT2D eigenvalue weighted by Crippen LogP contribution is -2.42. The van der Waals surface area contributed by atoms with Crippen molar-refractivity contribution in [2.24, 2.45) is 0 Å². The van der Waals surface area contributed by atoms with Crippen LogP contribution in [0.15, 0.2) is 24.3 Å². The Labute approximate surface area is 106 Å². The van der Waals surface area contributed by atoms with Crippen LogP contribution in [0, 0.1) is 6.92 Å². The van der Waals surface area contributed by atoms with E-state index in [1.54, 1.807) is 0 Å². The Hall–Kier alpha value is -0.380. The zero-order valence-corrected chi connectivity index (χ0v) is 11.2. The minimum absolute atomic E-state index is 0.346. The molecule has 1 aromatic rings. The molecule has 1 unspecified atom stereocenters. The number of morpholine rings is 1. The van der Waals surface area contributed by atoms with E-state index in [2.05, 4.69) is 52.0 Å². The maximum atomic E-state index is 5.63. The lowest BCUT2D eigenvalue weighted by molar-refractivity contribution is -0.0181. The second-order valence-electron chi connectivity index (χ2n) is 4.37. The lowest BCUT2D eigenvalue weighted by Gasteiger charge is -2.32. The Morgan fingerprint density at radius 1 is 1.38 bits per heavy atom. The Balaban J connectivity index is 1.91. The van der Waals surface area contributed by atoms with Crippen LogP contribution in [0.25, 0.3) is 0 Å². The summed E-state index contributed by atoms with van der Waals surface area (Å²) in [6.07, 6.45) is 0.346. The normalized spacial score (nSPS) is 22.2. The molecule has 1 heterocycles. The minimum Gasteiger partial charge on any atom is -0.375 e. The fraction of sp³-hybridized carbons (Fsp3) is 0.538. The van der Waals surface area contributed by atoms with Gasteiger partial charge in [0.1, 0.15) is 0 Å². The molecule has 0 amide bonds. The third kappa shape index (κ3) is 3.30. The highest BCUT2D eigenvalue weighted by atomic mass is 79.9. The molecule has 88 valence electrons. The van der Waals surface area contributed by atoms with Gasteiger partial charge in [0.25, 0.3) is 0 Å². The SMILES string of the molecule is Cc1ccc(CN2CCOC(CBr)C2)cc1. The molecule has 1 aliphatic heterocycles. The molecule has 0 radical (unpaired) electrons. The number of halogens is 1. The third-order valence-corrected chi connectivity index (χ3v) is 3.64. The van der Waals surface area contributed by atoms with Gasteiger partial charge in [0, 0.05) is 25.0 Å². The van der Waals surface area contributed by atoms with Crippen LogP contribution in [0.1, 0.15) is 11.1 Å². The smallest absolute Gasteiger partial charge is 0.0799 e. The van der Waals surface area contributed by atoms with Crippen LogP contribution in [-0.2, 0) is 11.3 Å². The third-order valence-electron chi connectivity index (χ3n) is 2.92. The zero-order chi connectivity index (χ0) is 11.4. The van der Waals surface area contributed by atoms with Gasteiger partial charge in [0.2, 0.25) is 0 Å². The summed E-state index contributed by atoms with van der Waals surface area (Å²) in [6.45, 7) is 6.07. The summed E-state index contributed by atoms with van der Waals surface area (Å²) in [6, 6.07) is 8.79. The number of ether oxygens (including phenoxy) is 1. The fourth-order valence-corrected chi connectivity index (χ4v) is 2.36. The van der Waals surface area contributed by atoms with E-state index in [4.69, 9.17) is 4.74 Å². The van der Waals surface area contributed by atoms with E-state index in [9.17, 15) is 0 Å². The molecule has 16 heavy (non-hydrogen) atoms. The van der Waals surface area contributed by atoms with Crippen LogP contribution in [0.2, 0.25) is 0 Å². The molecule has 1 atom stereocenters. The summed E-state index contributed by atoms with van der Waals surface area (Å²) in [4.78, 5) is 2.46. The lowest BCUT2D eigenvalue weighted by atomic mass is 10.1. The predicted molar refractivity (Wildman–Crippen MR) is 70.0 cm³/mol. The monoisotopic (exact) mass is 283 g/mol. The van der Waals surface area contributed by atoms with Crippen LogP contribution in [0.3, 0.4) is 0 Å². The summed E-state index contributed by atoms with van der Waals surface area (Å²) in [5, 5.41) is 0.928. The van der Waals surface area contributed by atoms with Crippen LogP contribution < -0.4 is 0 Å². The van der Waals surface area contributed by atoms with Gasteiger partial charge in [-0.2, -0.15) is 0 Å². The van der Waals surface area contributed by atoms with E-state index < -0.39 is 0 Å². The highest BCUT2D eigenvalue weighted by molar-refractivity contribution is 9.09. The highest BCUT2D eigenvalue weighted by Gasteiger charge is 2.19. The van der Waals surface area contributed by atoms with Gasteiger partial charge in [0.05, 0.1) is 12.7 Å². The van der Waals surface area contributed by atoms with Gasteiger partial charge in [-0.15, -0.1) is 0 Å². The Kier molecular flexibility index (Phi) is 4.38. The molecule has 1 aromatic carbocycles. The van der Waals surface area contributed by atoms with Crippen LogP contribution in [0.4, 0.5) is 0 Å².